The normalized spacial score (nSPS) is 11.6. The van der Waals surface area contributed by atoms with Crippen molar-refractivity contribution in [2.75, 3.05) is 17.2 Å². The lowest BCUT2D eigenvalue weighted by atomic mass is 10.1. The Bertz CT molecular complexity index is 894. The summed E-state index contributed by atoms with van der Waals surface area (Å²) >= 11 is 2.82. The molecule has 1 unspecified atom stereocenters. The molecule has 0 aliphatic rings. The Hall–Kier alpha value is -2.64. The van der Waals surface area contributed by atoms with Crippen molar-refractivity contribution in [3.05, 3.63) is 78.4 Å². The van der Waals surface area contributed by atoms with Gasteiger partial charge in [0, 0.05) is 12.2 Å². The van der Waals surface area contributed by atoms with Crippen molar-refractivity contribution in [1.82, 2.24) is 10.2 Å². The average Bonchev–Trinajstić information content (AvgIpc) is 3.14. The summed E-state index contributed by atoms with van der Waals surface area (Å²) in [6.45, 7) is 6.31. The molecule has 0 spiro atoms. The van der Waals surface area contributed by atoms with Crippen LogP contribution in [0.1, 0.15) is 16.4 Å². The number of carbonyl (C=O) groups excluding carboxylic acids is 1. The van der Waals surface area contributed by atoms with Gasteiger partial charge in [0.25, 0.3) is 0 Å². The Morgan fingerprint density at radius 3 is 2.63 bits per heavy atom. The largest absolute Gasteiger partial charge is 0.357 e. The van der Waals surface area contributed by atoms with Gasteiger partial charge in [-0.1, -0.05) is 77.2 Å². The molecule has 3 aromatic rings. The number of amides is 1. The Kier molecular flexibility index (Phi) is 6.62. The van der Waals surface area contributed by atoms with Crippen LogP contribution in [0.5, 0.6) is 0 Å². The zero-order valence-electron chi connectivity index (χ0n) is 14.9. The number of nitrogens with zero attached hydrogens (tertiary/aromatic N) is 2. The van der Waals surface area contributed by atoms with E-state index in [1.807, 2.05) is 61.5 Å². The molecule has 0 saturated carbocycles. The van der Waals surface area contributed by atoms with Crippen LogP contribution in [-0.2, 0) is 4.79 Å². The molecule has 0 fully saturated rings. The van der Waals surface area contributed by atoms with Gasteiger partial charge in [-0.15, -0.1) is 16.8 Å². The van der Waals surface area contributed by atoms with Gasteiger partial charge in [-0.25, -0.2) is 0 Å². The molecule has 0 aliphatic carbocycles. The standard InChI is InChI=1S/C20H20N4OS2/c1-3-13-21-19-23-24-20(27-19)26-17(15-7-5-4-6-8-15)18(25)22-16-11-9-14(2)10-12-16/h3-12,17H,1,13H2,2H3,(H,21,23)(H,22,25). The molecular weight excluding hydrogens is 376 g/mol. The maximum absolute atomic E-state index is 13.0. The molecule has 2 aromatic carbocycles. The summed E-state index contributed by atoms with van der Waals surface area (Å²) < 4.78 is 0.731. The van der Waals surface area contributed by atoms with E-state index in [0.717, 1.165) is 21.2 Å². The molecule has 27 heavy (non-hydrogen) atoms. The van der Waals surface area contributed by atoms with Crippen molar-refractivity contribution in [1.29, 1.82) is 0 Å². The number of rotatable bonds is 8. The molecular formula is C20H20N4OS2. The van der Waals surface area contributed by atoms with Gasteiger partial charge in [0.2, 0.25) is 11.0 Å². The van der Waals surface area contributed by atoms with Crippen LogP contribution < -0.4 is 10.6 Å². The number of aromatic nitrogens is 2. The number of hydrogen-bond donors (Lipinski definition) is 2. The van der Waals surface area contributed by atoms with Gasteiger partial charge in [0.1, 0.15) is 5.25 Å². The lowest BCUT2D eigenvalue weighted by molar-refractivity contribution is -0.115. The third kappa shape index (κ3) is 5.42. The van der Waals surface area contributed by atoms with Crippen LogP contribution in [0.3, 0.4) is 0 Å². The van der Waals surface area contributed by atoms with Gasteiger partial charge >= 0.3 is 0 Å². The lowest BCUT2D eigenvalue weighted by Gasteiger charge is -2.15. The molecule has 1 heterocycles. The SMILES string of the molecule is C=CCNc1nnc(SC(C(=O)Nc2ccc(C)cc2)c2ccccc2)s1. The number of anilines is 2. The second kappa shape index (κ2) is 9.34. The number of nitrogens with one attached hydrogen (secondary N) is 2. The minimum atomic E-state index is -0.423. The van der Waals surface area contributed by atoms with Gasteiger partial charge in [0.05, 0.1) is 0 Å². The summed E-state index contributed by atoms with van der Waals surface area (Å²) in [6, 6.07) is 17.5. The van der Waals surface area contributed by atoms with Crippen molar-refractivity contribution in [3.63, 3.8) is 0 Å². The van der Waals surface area contributed by atoms with Crippen LogP contribution in [0.2, 0.25) is 0 Å². The zero-order valence-corrected chi connectivity index (χ0v) is 16.5. The molecule has 5 nitrogen and oxygen atoms in total. The highest BCUT2D eigenvalue weighted by Crippen LogP contribution is 2.38. The summed E-state index contributed by atoms with van der Waals surface area (Å²) in [5, 5.41) is 14.7. The van der Waals surface area contributed by atoms with E-state index in [4.69, 9.17) is 0 Å². The fraction of sp³-hybridized carbons (Fsp3) is 0.150. The van der Waals surface area contributed by atoms with Crippen molar-refractivity contribution in [3.8, 4) is 0 Å². The van der Waals surface area contributed by atoms with Crippen LogP contribution in [0.4, 0.5) is 10.8 Å². The second-order valence-electron chi connectivity index (χ2n) is 5.81. The number of benzene rings is 2. The minimum Gasteiger partial charge on any atom is -0.357 e. The van der Waals surface area contributed by atoms with Crippen molar-refractivity contribution in [2.45, 2.75) is 16.5 Å². The Morgan fingerprint density at radius 2 is 1.93 bits per heavy atom. The zero-order chi connectivity index (χ0) is 19.1. The predicted octanol–water partition coefficient (Wildman–Crippen LogP) is 4.92. The van der Waals surface area contributed by atoms with E-state index >= 15 is 0 Å². The highest BCUT2D eigenvalue weighted by Gasteiger charge is 2.24. The first-order chi connectivity index (χ1) is 13.2. The highest BCUT2D eigenvalue weighted by molar-refractivity contribution is 8.02. The first-order valence-corrected chi connectivity index (χ1v) is 10.1. The lowest BCUT2D eigenvalue weighted by Crippen LogP contribution is -2.19. The molecule has 1 atom stereocenters. The minimum absolute atomic E-state index is 0.0918. The van der Waals surface area contributed by atoms with Crippen molar-refractivity contribution < 1.29 is 4.79 Å². The van der Waals surface area contributed by atoms with Crippen LogP contribution >= 0.6 is 23.1 Å². The fourth-order valence-electron chi connectivity index (χ4n) is 2.33. The van der Waals surface area contributed by atoms with E-state index in [9.17, 15) is 4.79 Å². The summed E-state index contributed by atoms with van der Waals surface area (Å²) in [5.41, 5.74) is 2.84. The number of aryl methyl sites for hydroxylation is 1. The van der Waals surface area contributed by atoms with Crippen molar-refractivity contribution >= 4 is 39.8 Å². The monoisotopic (exact) mass is 396 g/mol. The third-order valence-corrected chi connectivity index (χ3v) is 5.90. The molecule has 0 aliphatic heterocycles. The molecule has 0 saturated heterocycles. The van der Waals surface area contributed by atoms with E-state index in [1.165, 1.54) is 23.1 Å². The summed E-state index contributed by atoms with van der Waals surface area (Å²) in [6.07, 6.45) is 1.76. The van der Waals surface area contributed by atoms with Crippen molar-refractivity contribution in [2.24, 2.45) is 0 Å². The van der Waals surface area contributed by atoms with Gasteiger partial charge in [-0.2, -0.15) is 0 Å². The van der Waals surface area contributed by atoms with Crippen LogP contribution in [0, 0.1) is 6.92 Å². The first kappa shape index (κ1) is 19.1. The Morgan fingerprint density at radius 1 is 1.19 bits per heavy atom. The van der Waals surface area contributed by atoms with Crippen LogP contribution in [0.25, 0.3) is 0 Å². The molecule has 7 heteroatoms. The molecule has 0 radical (unpaired) electrons. The highest BCUT2D eigenvalue weighted by atomic mass is 32.2. The quantitative estimate of drug-likeness (QED) is 0.418. The van der Waals surface area contributed by atoms with E-state index in [2.05, 4.69) is 27.4 Å². The molecule has 138 valence electrons. The second-order valence-corrected chi connectivity index (χ2v) is 8.14. The van der Waals surface area contributed by atoms with E-state index < -0.39 is 5.25 Å². The molecule has 3 rings (SSSR count). The number of hydrogen-bond acceptors (Lipinski definition) is 6. The summed E-state index contributed by atoms with van der Waals surface area (Å²) in [7, 11) is 0. The molecule has 0 bridgehead atoms. The van der Waals surface area contributed by atoms with E-state index in [0.29, 0.717) is 11.7 Å². The fourth-order valence-corrected chi connectivity index (χ4v) is 4.29. The third-order valence-electron chi connectivity index (χ3n) is 3.68. The van der Waals surface area contributed by atoms with Gasteiger partial charge in [-0.05, 0) is 24.6 Å². The van der Waals surface area contributed by atoms with E-state index in [1.54, 1.807) is 6.08 Å². The molecule has 1 amide bonds. The average molecular weight is 397 g/mol. The number of carbonyl (C=O) groups is 1. The molecule has 2 N–H and O–H groups in total. The summed E-state index contributed by atoms with van der Waals surface area (Å²) in [4.78, 5) is 13.0. The summed E-state index contributed by atoms with van der Waals surface area (Å²) in [5.74, 6) is -0.0918. The topological polar surface area (TPSA) is 66.9 Å². The van der Waals surface area contributed by atoms with Gasteiger partial charge in [0.15, 0.2) is 4.34 Å². The maximum Gasteiger partial charge on any atom is 0.242 e. The Labute approximate surface area is 166 Å². The Balaban J connectivity index is 1.78. The van der Waals surface area contributed by atoms with E-state index in [-0.39, 0.29) is 5.91 Å². The molecule has 1 aromatic heterocycles. The van der Waals surface area contributed by atoms with Gasteiger partial charge in [-0.3, -0.25) is 4.79 Å². The first-order valence-electron chi connectivity index (χ1n) is 8.43. The van der Waals surface area contributed by atoms with Crippen LogP contribution in [-0.4, -0.2) is 22.6 Å². The maximum atomic E-state index is 13.0. The van der Waals surface area contributed by atoms with Crippen LogP contribution in [0.15, 0.2) is 71.6 Å². The van der Waals surface area contributed by atoms with Gasteiger partial charge < -0.3 is 10.6 Å². The smallest absolute Gasteiger partial charge is 0.242 e. The number of thioether (sulfide) groups is 1. The predicted molar refractivity (Wildman–Crippen MR) is 113 cm³/mol.